The first-order valence-corrected chi connectivity index (χ1v) is 10.7. The molecular weight excluding hydrogens is 408 g/mol. The van der Waals surface area contributed by atoms with Crippen LogP contribution in [0.25, 0.3) is 0 Å². The Morgan fingerprint density at radius 2 is 1.84 bits per heavy atom. The Morgan fingerprint density at radius 3 is 2.56 bits per heavy atom. The van der Waals surface area contributed by atoms with Crippen LogP contribution in [0.1, 0.15) is 50.7 Å². The molecule has 1 N–H and O–H groups in total. The number of carbonyl (C=O) groups excluding carboxylic acids is 3. The van der Waals surface area contributed by atoms with E-state index in [2.05, 4.69) is 22.0 Å². The van der Waals surface area contributed by atoms with Crippen molar-refractivity contribution in [3.8, 4) is 0 Å². The number of furan rings is 1. The summed E-state index contributed by atoms with van der Waals surface area (Å²) in [6.45, 7) is 4.68. The van der Waals surface area contributed by atoms with Crippen molar-refractivity contribution in [2.45, 2.75) is 39.7 Å². The molecule has 0 saturated carbocycles. The number of nitrogens with zero attached hydrogens (tertiary/aromatic N) is 1. The van der Waals surface area contributed by atoms with Gasteiger partial charge in [-0.3, -0.25) is 14.4 Å². The van der Waals surface area contributed by atoms with Gasteiger partial charge in [0.2, 0.25) is 5.78 Å². The minimum Gasteiger partial charge on any atom is -0.459 e. The first-order valence-electron chi connectivity index (χ1n) is 10.7. The van der Waals surface area contributed by atoms with E-state index in [1.807, 2.05) is 38.1 Å². The van der Waals surface area contributed by atoms with Gasteiger partial charge in [-0.05, 0) is 50.5 Å². The molecule has 0 aliphatic carbocycles. The molecule has 0 aliphatic rings. The highest BCUT2D eigenvalue weighted by molar-refractivity contribution is 5.99. The van der Waals surface area contributed by atoms with Crippen LogP contribution in [0.2, 0.25) is 0 Å². The molecule has 7 heteroatoms. The molecule has 3 aromatic rings. The molecule has 7 nitrogen and oxygen atoms in total. The van der Waals surface area contributed by atoms with Crippen molar-refractivity contribution < 1.29 is 23.5 Å². The summed E-state index contributed by atoms with van der Waals surface area (Å²) in [5.41, 5.74) is 3.69. The van der Waals surface area contributed by atoms with E-state index in [9.17, 15) is 14.4 Å². The van der Waals surface area contributed by atoms with Crippen molar-refractivity contribution in [1.82, 2.24) is 9.88 Å². The lowest BCUT2D eigenvalue weighted by Crippen LogP contribution is -2.24. The number of aryl methyl sites for hydroxylation is 2. The lowest BCUT2D eigenvalue weighted by atomic mass is 10.1. The third-order valence-electron chi connectivity index (χ3n) is 5.29. The normalized spacial score (nSPS) is 10.7. The Kier molecular flexibility index (Phi) is 8.02. The van der Waals surface area contributed by atoms with E-state index >= 15 is 0 Å². The summed E-state index contributed by atoms with van der Waals surface area (Å²) in [5.74, 6) is -0.798. The fourth-order valence-electron chi connectivity index (χ4n) is 3.54. The average molecular weight is 437 g/mol. The highest BCUT2D eigenvalue weighted by Crippen LogP contribution is 2.17. The van der Waals surface area contributed by atoms with Gasteiger partial charge in [-0.1, -0.05) is 30.3 Å². The van der Waals surface area contributed by atoms with Crippen LogP contribution in [-0.2, 0) is 22.5 Å². The third-order valence-corrected chi connectivity index (χ3v) is 5.29. The largest absolute Gasteiger partial charge is 0.459 e. The molecule has 0 saturated heterocycles. The van der Waals surface area contributed by atoms with Gasteiger partial charge in [0, 0.05) is 36.5 Å². The Hall–Kier alpha value is -3.61. The number of nitrogens with one attached hydrogen (secondary N) is 1. The zero-order chi connectivity index (χ0) is 22.9. The van der Waals surface area contributed by atoms with Gasteiger partial charge in [0.25, 0.3) is 5.91 Å². The van der Waals surface area contributed by atoms with Gasteiger partial charge >= 0.3 is 5.97 Å². The zero-order valence-corrected chi connectivity index (χ0v) is 18.4. The van der Waals surface area contributed by atoms with Crippen LogP contribution < -0.4 is 5.32 Å². The molecule has 0 spiro atoms. The maximum atomic E-state index is 12.6. The van der Waals surface area contributed by atoms with Gasteiger partial charge in [0.15, 0.2) is 12.4 Å². The molecular formula is C25H28N2O5. The molecule has 0 fully saturated rings. The van der Waals surface area contributed by atoms with Crippen LogP contribution in [0.5, 0.6) is 0 Å². The second kappa shape index (κ2) is 11.1. The van der Waals surface area contributed by atoms with E-state index in [0.717, 1.165) is 24.4 Å². The average Bonchev–Trinajstić information content (AvgIpc) is 3.43. The number of esters is 1. The van der Waals surface area contributed by atoms with Gasteiger partial charge in [-0.2, -0.15) is 0 Å². The van der Waals surface area contributed by atoms with Gasteiger partial charge in [-0.15, -0.1) is 0 Å². The van der Waals surface area contributed by atoms with Gasteiger partial charge < -0.3 is 19.0 Å². The molecule has 32 heavy (non-hydrogen) atoms. The van der Waals surface area contributed by atoms with E-state index in [0.29, 0.717) is 18.5 Å². The fraction of sp³-hybridized carbons (Fsp3) is 0.320. The van der Waals surface area contributed by atoms with Gasteiger partial charge in [-0.25, -0.2) is 0 Å². The van der Waals surface area contributed by atoms with Crippen LogP contribution in [0.3, 0.4) is 0 Å². The predicted octanol–water partition coefficient (Wildman–Crippen LogP) is 3.88. The first-order chi connectivity index (χ1) is 15.5. The number of carbonyl (C=O) groups is 3. The number of hydrogen-bond donors (Lipinski definition) is 1. The Morgan fingerprint density at radius 1 is 1.06 bits per heavy atom. The van der Waals surface area contributed by atoms with Crippen molar-refractivity contribution in [3.63, 3.8) is 0 Å². The van der Waals surface area contributed by atoms with Crippen LogP contribution in [0.15, 0.2) is 59.2 Å². The second-order valence-electron chi connectivity index (χ2n) is 7.59. The molecule has 2 aromatic heterocycles. The number of benzene rings is 1. The number of ketones is 1. The molecule has 1 amide bonds. The summed E-state index contributed by atoms with van der Waals surface area (Å²) < 4.78 is 12.3. The zero-order valence-electron chi connectivity index (χ0n) is 18.4. The number of rotatable bonds is 11. The summed E-state index contributed by atoms with van der Waals surface area (Å²) in [6.07, 6.45) is 2.82. The summed E-state index contributed by atoms with van der Waals surface area (Å²) >= 11 is 0. The number of hydrogen-bond acceptors (Lipinski definition) is 5. The summed E-state index contributed by atoms with van der Waals surface area (Å²) in [4.78, 5) is 36.3. The standard InChI is InChI=1S/C25H28N2O5/c1-18-16-21(19(2)27(18)14-12-20-8-4-3-5-9-20)22(28)17-32-24(29)11-6-13-26-25(30)23-10-7-15-31-23/h3-5,7-10,15-16H,6,11-14,17H2,1-2H3,(H,26,30). The molecule has 0 bridgehead atoms. The number of aromatic nitrogens is 1. The second-order valence-corrected chi connectivity index (χ2v) is 7.59. The maximum absolute atomic E-state index is 12.6. The topological polar surface area (TPSA) is 90.5 Å². The summed E-state index contributed by atoms with van der Waals surface area (Å²) in [5, 5.41) is 2.66. The van der Waals surface area contributed by atoms with Crippen molar-refractivity contribution >= 4 is 17.7 Å². The van der Waals surface area contributed by atoms with Gasteiger partial charge in [0.05, 0.1) is 6.26 Å². The molecule has 0 unspecified atom stereocenters. The van der Waals surface area contributed by atoms with E-state index < -0.39 is 5.97 Å². The molecule has 0 atom stereocenters. The van der Waals surface area contributed by atoms with E-state index in [1.54, 1.807) is 12.1 Å². The fourth-order valence-corrected chi connectivity index (χ4v) is 3.54. The van der Waals surface area contributed by atoms with E-state index in [-0.39, 0.29) is 30.5 Å². The van der Waals surface area contributed by atoms with Crippen LogP contribution in [-0.4, -0.2) is 35.4 Å². The highest BCUT2D eigenvalue weighted by atomic mass is 16.5. The van der Waals surface area contributed by atoms with Crippen molar-refractivity contribution in [1.29, 1.82) is 0 Å². The van der Waals surface area contributed by atoms with Crippen molar-refractivity contribution in [2.24, 2.45) is 0 Å². The number of ether oxygens (including phenoxy) is 1. The molecule has 1 aromatic carbocycles. The summed E-state index contributed by atoms with van der Waals surface area (Å²) in [6, 6.07) is 15.2. The summed E-state index contributed by atoms with van der Waals surface area (Å²) in [7, 11) is 0. The predicted molar refractivity (Wildman–Crippen MR) is 120 cm³/mol. The van der Waals surface area contributed by atoms with Crippen molar-refractivity contribution in [2.75, 3.05) is 13.2 Å². The Labute approximate surface area is 187 Å². The molecule has 3 rings (SSSR count). The van der Waals surface area contributed by atoms with Crippen LogP contribution >= 0.6 is 0 Å². The lowest BCUT2D eigenvalue weighted by molar-refractivity contribution is -0.142. The quantitative estimate of drug-likeness (QED) is 0.280. The minimum atomic E-state index is -0.469. The molecule has 0 aliphatic heterocycles. The third kappa shape index (κ3) is 6.20. The highest BCUT2D eigenvalue weighted by Gasteiger charge is 2.17. The maximum Gasteiger partial charge on any atom is 0.306 e. The molecule has 168 valence electrons. The molecule has 0 radical (unpaired) electrons. The van der Waals surface area contributed by atoms with E-state index in [1.165, 1.54) is 11.8 Å². The van der Waals surface area contributed by atoms with Crippen LogP contribution in [0, 0.1) is 13.8 Å². The van der Waals surface area contributed by atoms with Gasteiger partial charge in [0.1, 0.15) is 0 Å². The number of amides is 1. The number of Topliss-reactive ketones (excluding diaryl/α,β-unsaturated/α-hetero) is 1. The smallest absolute Gasteiger partial charge is 0.306 e. The first kappa shape index (κ1) is 23.1. The SMILES string of the molecule is Cc1cc(C(=O)COC(=O)CCCNC(=O)c2ccco2)c(C)n1CCc1ccccc1. The van der Waals surface area contributed by atoms with E-state index in [4.69, 9.17) is 9.15 Å². The Balaban J connectivity index is 1.42. The lowest BCUT2D eigenvalue weighted by Gasteiger charge is -2.10. The van der Waals surface area contributed by atoms with Crippen molar-refractivity contribution in [3.05, 3.63) is 83.1 Å². The van der Waals surface area contributed by atoms with Crippen LogP contribution in [0.4, 0.5) is 0 Å². The molecule has 2 heterocycles. The monoisotopic (exact) mass is 436 g/mol. The Bertz CT molecular complexity index is 1050. The minimum absolute atomic E-state index is 0.113.